The Labute approximate surface area is 132 Å². The first-order valence-electron chi connectivity index (χ1n) is 7.18. The molecule has 0 fully saturated rings. The van der Waals surface area contributed by atoms with Crippen LogP contribution in [0.25, 0.3) is 0 Å². The maximum absolute atomic E-state index is 12.0. The van der Waals surface area contributed by atoms with Gasteiger partial charge in [-0.1, -0.05) is 6.92 Å². The van der Waals surface area contributed by atoms with E-state index in [0.29, 0.717) is 0 Å². The summed E-state index contributed by atoms with van der Waals surface area (Å²) < 4.78 is 22.0. The average Bonchev–Trinajstić information content (AvgIpc) is 2.31. The van der Waals surface area contributed by atoms with Gasteiger partial charge in [-0.25, -0.2) is 9.59 Å². The first kappa shape index (κ1) is 20.9. The molecule has 0 saturated carbocycles. The molecule has 8 heteroatoms. The van der Waals surface area contributed by atoms with Crippen LogP contribution in [-0.2, 0) is 18.8 Å². The van der Waals surface area contributed by atoms with Crippen molar-refractivity contribution in [1.29, 1.82) is 0 Å². The number of carbonyl (C=O) groups is 2. The van der Waals surface area contributed by atoms with E-state index in [-0.39, 0.29) is 6.61 Å². The predicted octanol–water partition coefficient (Wildman–Crippen LogP) is 2.02. The van der Waals surface area contributed by atoms with Crippen LogP contribution in [0, 0.1) is 5.92 Å². The fourth-order valence-corrected chi connectivity index (χ4v) is 3.11. The van der Waals surface area contributed by atoms with Gasteiger partial charge in [0.1, 0.15) is 24.6 Å². The number of amides is 1. The summed E-state index contributed by atoms with van der Waals surface area (Å²) in [6.45, 7) is 11.2. The van der Waals surface area contributed by atoms with E-state index in [2.05, 4.69) is 5.32 Å². The molecule has 3 atom stereocenters. The van der Waals surface area contributed by atoms with Crippen molar-refractivity contribution in [3.05, 3.63) is 0 Å². The van der Waals surface area contributed by atoms with Crippen LogP contribution in [0.15, 0.2) is 0 Å². The summed E-state index contributed by atoms with van der Waals surface area (Å²) in [5, 5.41) is 12.5. The third-order valence-electron chi connectivity index (χ3n) is 2.85. The lowest BCUT2D eigenvalue weighted by Crippen LogP contribution is -2.50. The van der Waals surface area contributed by atoms with E-state index >= 15 is 0 Å². The van der Waals surface area contributed by atoms with Crippen molar-refractivity contribution < 1.29 is 28.7 Å². The van der Waals surface area contributed by atoms with Crippen LogP contribution >= 0.6 is 7.14 Å². The highest BCUT2D eigenvalue weighted by Crippen LogP contribution is 2.45. The summed E-state index contributed by atoms with van der Waals surface area (Å²) in [5.41, 5.74) is -0.726. The van der Waals surface area contributed by atoms with Crippen LogP contribution in [0.5, 0.6) is 0 Å². The van der Waals surface area contributed by atoms with Gasteiger partial charge in [-0.15, -0.1) is 0 Å². The van der Waals surface area contributed by atoms with Gasteiger partial charge in [-0.05, 0) is 41.0 Å². The molecule has 1 amide bonds. The Balaban J connectivity index is 5.18. The van der Waals surface area contributed by atoms with Gasteiger partial charge in [0, 0.05) is 5.92 Å². The minimum absolute atomic E-state index is 0.129. The van der Waals surface area contributed by atoms with Crippen molar-refractivity contribution in [1.82, 2.24) is 5.32 Å². The van der Waals surface area contributed by atoms with Crippen LogP contribution in [0.1, 0.15) is 34.6 Å². The van der Waals surface area contributed by atoms with Crippen molar-refractivity contribution >= 4 is 19.2 Å². The standard InChI is InChI=1S/C14H28NO6P/c1-8-20-11(16)10(9(2)12(17)22(6,7)19)15-13(18)21-14(3,4)5/h9-10,12,17H,8H2,1-7H3,(H,15,18)/t9-,10+,12?/m1/s1. The van der Waals surface area contributed by atoms with E-state index in [1.54, 1.807) is 27.7 Å². The monoisotopic (exact) mass is 337 g/mol. The number of hydrogen-bond donors (Lipinski definition) is 2. The summed E-state index contributed by atoms with van der Waals surface area (Å²) >= 11 is 0. The van der Waals surface area contributed by atoms with Gasteiger partial charge in [-0.2, -0.15) is 0 Å². The Morgan fingerprint density at radius 3 is 2.14 bits per heavy atom. The number of alkyl carbamates (subject to hydrolysis) is 1. The maximum Gasteiger partial charge on any atom is 0.408 e. The molecule has 0 aliphatic rings. The number of ether oxygens (including phenoxy) is 2. The van der Waals surface area contributed by atoms with Crippen molar-refractivity contribution in [2.75, 3.05) is 19.9 Å². The van der Waals surface area contributed by atoms with Gasteiger partial charge < -0.3 is 24.5 Å². The van der Waals surface area contributed by atoms with Crippen molar-refractivity contribution in [3.8, 4) is 0 Å². The lowest BCUT2D eigenvalue weighted by Gasteiger charge is -2.30. The summed E-state index contributed by atoms with van der Waals surface area (Å²) in [4.78, 5) is 23.9. The number of carbonyl (C=O) groups excluding carboxylic acids is 2. The number of hydrogen-bond acceptors (Lipinski definition) is 6. The highest BCUT2D eigenvalue weighted by molar-refractivity contribution is 7.62. The van der Waals surface area contributed by atoms with E-state index in [1.807, 2.05) is 0 Å². The van der Waals surface area contributed by atoms with Crippen LogP contribution in [-0.4, -0.2) is 54.6 Å². The fourth-order valence-electron chi connectivity index (χ4n) is 1.81. The van der Waals surface area contributed by atoms with Gasteiger partial charge in [0.2, 0.25) is 0 Å². The lowest BCUT2D eigenvalue weighted by atomic mass is 10.0. The summed E-state index contributed by atoms with van der Waals surface area (Å²) in [6, 6.07) is -1.14. The van der Waals surface area contributed by atoms with Crippen molar-refractivity contribution in [2.45, 2.75) is 52.1 Å². The summed E-state index contributed by atoms with van der Waals surface area (Å²) in [6.07, 6.45) is -0.799. The minimum Gasteiger partial charge on any atom is -0.464 e. The number of aliphatic hydroxyl groups excluding tert-OH is 1. The fraction of sp³-hybridized carbons (Fsp3) is 0.857. The molecule has 0 radical (unpaired) electrons. The maximum atomic E-state index is 12.0. The van der Waals surface area contributed by atoms with Gasteiger partial charge in [0.05, 0.1) is 6.61 Å². The second-order valence-electron chi connectivity index (χ2n) is 6.58. The molecule has 0 aromatic rings. The SMILES string of the molecule is CCOC(=O)[C@@H](NC(=O)OC(C)(C)C)[C@@H](C)C(O)P(C)(C)=O. The molecule has 22 heavy (non-hydrogen) atoms. The van der Waals surface area contributed by atoms with E-state index in [9.17, 15) is 19.3 Å². The van der Waals surface area contributed by atoms with E-state index in [0.717, 1.165) is 0 Å². The highest BCUT2D eigenvalue weighted by Gasteiger charge is 2.38. The molecule has 0 aliphatic heterocycles. The molecule has 1 unspecified atom stereocenters. The van der Waals surface area contributed by atoms with Crippen LogP contribution in [0.4, 0.5) is 4.79 Å². The van der Waals surface area contributed by atoms with Gasteiger partial charge in [0.15, 0.2) is 0 Å². The molecule has 0 spiro atoms. The highest BCUT2D eigenvalue weighted by atomic mass is 31.2. The number of aliphatic hydroxyl groups is 1. The zero-order valence-corrected chi connectivity index (χ0v) is 15.3. The van der Waals surface area contributed by atoms with Gasteiger partial charge >= 0.3 is 12.1 Å². The number of esters is 1. The summed E-state index contributed by atoms with van der Waals surface area (Å²) in [7, 11) is -2.85. The normalized spacial score (nSPS) is 16.4. The quantitative estimate of drug-likeness (QED) is 0.568. The van der Waals surface area contributed by atoms with Gasteiger partial charge in [0.25, 0.3) is 0 Å². The van der Waals surface area contributed by atoms with E-state index in [1.165, 1.54) is 20.3 Å². The Morgan fingerprint density at radius 1 is 1.27 bits per heavy atom. The second kappa shape index (κ2) is 7.97. The molecule has 0 aromatic heterocycles. The Morgan fingerprint density at radius 2 is 1.77 bits per heavy atom. The number of nitrogens with one attached hydrogen (secondary N) is 1. The zero-order chi connectivity index (χ0) is 17.7. The van der Waals surface area contributed by atoms with Crippen LogP contribution < -0.4 is 5.32 Å². The third kappa shape index (κ3) is 7.27. The Bertz CT molecular complexity index is 439. The molecule has 2 N–H and O–H groups in total. The average molecular weight is 337 g/mol. The molecule has 0 aliphatic carbocycles. The molecule has 130 valence electrons. The smallest absolute Gasteiger partial charge is 0.408 e. The topological polar surface area (TPSA) is 102 Å². The van der Waals surface area contributed by atoms with E-state index < -0.39 is 42.6 Å². The predicted molar refractivity (Wildman–Crippen MR) is 84.4 cm³/mol. The molecule has 7 nitrogen and oxygen atoms in total. The molecule has 0 heterocycles. The number of rotatable bonds is 6. The van der Waals surface area contributed by atoms with Crippen molar-refractivity contribution in [3.63, 3.8) is 0 Å². The molecule has 0 bridgehead atoms. The van der Waals surface area contributed by atoms with Crippen LogP contribution in [0.2, 0.25) is 0 Å². The zero-order valence-electron chi connectivity index (χ0n) is 14.4. The largest absolute Gasteiger partial charge is 0.464 e. The van der Waals surface area contributed by atoms with Crippen LogP contribution in [0.3, 0.4) is 0 Å². The minimum atomic E-state index is -2.85. The van der Waals surface area contributed by atoms with Crippen molar-refractivity contribution in [2.24, 2.45) is 5.92 Å². The molecule has 0 aromatic carbocycles. The molecule has 0 rings (SSSR count). The molecule has 0 saturated heterocycles. The third-order valence-corrected chi connectivity index (χ3v) is 4.59. The Hall–Kier alpha value is -1.07. The molecular formula is C14H28NO6P. The van der Waals surface area contributed by atoms with E-state index in [4.69, 9.17) is 9.47 Å². The Kier molecular flexibility index (Phi) is 7.58. The lowest BCUT2D eigenvalue weighted by molar-refractivity contribution is -0.147. The van der Waals surface area contributed by atoms with Gasteiger partial charge in [-0.3, -0.25) is 0 Å². The first-order valence-corrected chi connectivity index (χ1v) is 9.85. The first-order chi connectivity index (χ1) is 9.79. The molecular weight excluding hydrogens is 309 g/mol. The summed E-state index contributed by atoms with van der Waals surface area (Å²) in [5.74, 6) is -2.72. The second-order valence-corrected chi connectivity index (χ2v) is 9.98.